The molecule has 1 heterocycles. The predicted molar refractivity (Wildman–Crippen MR) is 79.5 cm³/mol. The Morgan fingerprint density at radius 3 is 2.65 bits per heavy atom. The van der Waals surface area contributed by atoms with Crippen LogP contribution in [0.4, 0.5) is 0 Å². The van der Waals surface area contributed by atoms with Crippen molar-refractivity contribution < 1.29 is 4.79 Å². The molecule has 0 radical (unpaired) electrons. The number of aryl methyl sites for hydroxylation is 1. The van der Waals surface area contributed by atoms with Gasteiger partial charge in [-0.05, 0) is 32.7 Å². The zero-order valence-electron chi connectivity index (χ0n) is 12.4. The minimum absolute atomic E-state index is 0.108. The standard InChI is InChI=1S/C15H26N4O/c1-12-14(11-17-18-12)15(20)19(10-6-9-16)13-7-4-2-3-5-8-13/h11,13H,2-10,16H2,1H3,(H,17,18). The first kappa shape index (κ1) is 15.0. The molecule has 0 unspecified atom stereocenters. The molecule has 1 amide bonds. The fraction of sp³-hybridized carbons (Fsp3) is 0.733. The topological polar surface area (TPSA) is 75.0 Å². The number of hydrogen-bond donors (Lipinski definition) is 2. The number of nitrogens with one attached hydrogen (secondary N) is 1. The van der Waals surface area contributed by atoms with Crippen LogP contribution in [0.3, 0.4) is 0 Å². The summed E-state index contributed by atoms with van der Waals surface area (Å²) < 4.78 is 0. The first-order valence-corrected chi connectivity index (χ1v) is 7.75. The SMILES string of the molecule is Cc1[nH]ncc1C(=O)N(CCCN)C1CCCCCC1. The Kier molecular flexibility index (Phi) is 5.59. The van der Waals surface area contributed by atoms with Crippen molar-refractivity contribution in [3.63, 3.8) is 0 Å². The quantitative estimate of drug-likeness (QED) is 0.811. The Morgan fingerprint density at radius 2 is 2.10 bits per heavy atom. The second kappa shape index (κ2) is 7.43. The van der Waals surface area contributed by atoms with Gasteiger partial charge in [0.25, 0.3) is 5.91 Å². The number of H-pyrrole nitrogens is 1. The maximum atomic E-state index is 12.8. The van der Waals surface area contributed by atoms with Crippen LogP contribution in [-0.2, 0) is 0 Å². The van der Waals surface area contributed by atoms with Gasteiger partial charge in [-0.1, -0.05) is 25.7 Å². The fourth-order valence-corrected chi connectivity index (χ4v) is 3.00. The summed E-state index contributed by atoms with van der Waals surface area (Å²) in [5.41, 5.74) is 7.18. The van der Waals surface area contributed by atoms with Crippen LogP contribution in [0.5, 0.6) is 0 Å². The summed E-state index contributed by atoms with van der Waals surface area (Å²) in [6.45, 7) is 3.28. The number of nitrogens with two attached hydrogens (primary N) is 1. The molecule has 1 fully saturated rings. The van der Waals surface area contributed by atoms with E-state index in [4.69, 9.17) is 5.73 Å². The molecule has 1 aromatic rings. The highest BCUT2D eigenvalue weighted by Gasteiger charge is 2.26. The second-order valence-electron chi connectivity index (χ2n) is 5.69. The van der Waals surface area contributed by atoms with E-state index in [-0.39, 0.29) is 5.91 Å². The minimum atomic E-state index is 0.108. The summed E-state index contributed by atoms with van der Waals surface area (Å²) in [6, 6.07) is 0.367. The summed E-state index contributed by atoms with van der Waals surface area (Å²) >= 11 is 0. The molecule has 1 saturated carbocycles. The Morgan fingerprint density at radius 1 is 1.40 bits per heavy atom. The van der Waals surface area contributed by atoms with Crippen molar-refractivity contribution in [2.24, 2.45) is 5.73 Å². The number of nitrogens with zero attached hydrogens (tertiary/aromatic N) is 2. The molecule has 0 bridgehead atoms. The van der Waals surface area contributed by atoms with Crippen molar-refractivity contribution in [3.8, 4) is 0 Å². The van der Waals surface area contributed by atoms with E-state index in [0.717, 1.165) is 31.5 Å². The second-order valence-corrected chi connectivity index (χ2v) is 5.69. The van der Waals surface area contributed by atoms with Gasteiger partial charge in [0.2, 0.25) is 0 Å². The van der Waals surface area contributed by atoms with Gasteiger partial charge >= 0.3 is 0 Å². The summed E-state index contributed by atoms with van der Waals surface area (Å²) in [6.07, 6.45) is 9.77. The van der Waals surface area contributed by atoms with Crippen molar-refractivity contribution >= 4 is 5.91 Å². The highest BCUT2D eigenvalue weighted by atomic mass is 16.2. The van der Waals surface area contributed by atoms with Gasteiger partial charge in [0, 0.05) is 18.3 Å². The monoisotopic (exact) mass is 278 g/mol. The van der Waals surface area contributed by atoms with Crippen molar-refractivity contribution in [1.82, 2.24) is 15.1 Å². The van der Waals surface area contributed by atoms with Crippen LogP contribution >= 0.6 is 0 Å². The van der Waals surface area contributed by atoms with Gasteiger partial charge in [-0.15, -0.1) is 0 Å². The smallest absolute Gasteiger partial charge is 0.257 e. The van der Waals surface area contributed by atoms with Gasteiger partial charge in [0.15, 0.2) is 0 Å². The zero-order chi connectivity index (χ0) is 14.4. The number of rotatable bonds is 5. The molecule has 0 aromatic carbocycles. The molecule has 20 heavy (non-hydrogen) atoms. The number of hydrogen-bond acceptors (Lipinski definition) is 3. The van der Waals surface area contributed by atoms with E-state index in [9.17, 15) is 4.79 Å². The van der Waals surface area contributed by atoms with Crippen molar-refractivity contribution in [1.29, 1.82) is 0 Å². The lowest BCUT2D eigenvalue weighted by atomic mass is 10.1. The van der Waals surface area contributed by atoms with Crippen LogP contribution in [0.1, 0.15) is 61.0 Å². The first-order chi connectivity index (χ1) is 9.74. The zero-order valence-corrected chi connectivity index (χ0v) is 12.4. The van der Waals surface area contributed by atoms with E-state index in [1.54, 1.807) is 6.20 Å². The molecule has 5 nitrogen and oxygen atoms in total. The van der Waals surface area contributed by atoms with E-state index in [2.05, 4.69) is 10.2 Å². The number of carbonyl (C=O) groups excluding carboxylic acids is 1. The fourth-order valence-electron chi connectivity index (χ4n) is 3.00. The molecule has 1 aliphatic carbocycles. The number of amides is 1. The third-order valence-corrected chi connectivity index (χ3v) is 4.19. The molecular formula is C15H26N4O. The van der Waals surface area contributed by atoms with Gasteiger partial charge in [-0.25, -0.2) is 0 Å². The van der Waals surface area contributed by atoms with Crippen molar-refractivity contribution in [2.75, 3.05) is 13.1 Å². The lowest BCUT2D eigenvalue weighted by Gasteiger charge is -2.31. The molecule has 3 N–H and O–H groups in total. The van der Waals surface area contributed by atoms with Crippen LogP contribution in [0, 0.1) is 6.92 Å². The molecule has 5 heteroatoms. The maximum Gasteiger partial charge on any atom is 0.257 e. The Balaban J connectivity index is 2.13. The van der Waals surface area contributed by atoms with Crippen LogP contribution in [0.15, 0.2) is 6.20 Å². The number of aromatic nitrogens is 2. The van der Waals surface area contributed by atoms with E-state index >= 15 is 0 Å². The van der Waals surface area contributed by atoms with Crippen LogP contribution in [0.25, 0.3) is 0 Å². The molecule has 1 aromatic heterocycles. The van der Waals surface area contributed by atoms with Crippen molar-refractivity contribution in [3.05, 3.63) is 17.5 Å². The van der Waals surface area contributed by atoms with Crippen LogP contribution < -0.4 is 5.73 Å². The summed E-state index contributed by atoms with van der Waals surface area (Å²) in [5.74, 6) is 0.108. The molecule has 0 saturated heterocycles. The van der Waals surface area contributed by atoms with Gasteiger partial charge in [0.1, 0.15) is 0 Å². The normalized spacial score (nSPS) is 16.9. The Hall–Kier alpha value is -1.36. The third kappa shape index (κ3) is 3.60. The van der Waals surface area contributed by atoms with E-state index in [1.165, 1.54) is 25.7 Å². The number of carbonyl (C=O) groups is 1. The summed E-state index contributed by atoms with van der Waals surface area (Å²) in [5, 5.41) is 6.83. The average Bonchev–Trinajstić information content (AvgIpc) is 2.71. The highest BCUT2D eigenvalue weighted by molar-refractivity contribution is 5.95. The van der Waals surface area contributed by atoms with Gasteiger partial charge in [-0.2, -0.15) is 5.10 Å². The lowest BCUT2D eigenvalue weighted by Crippen LogP contribution is -2.41. The molecule has 0 spiro atoms. The van der Waals surface area contributed by atoms with Gasteiger partial charge < -0.3 is 10.6 Å². The lowest BCUT2D eigenvalue weighted by molar-refractivity contribution is 0.0658. The molecule has 1 aliphatic rings. The molecule has 2 rings (SSSR count). The maximum absolute atomic E-state index is 12.8. The van der Waals surface area contributed by atoms with Crippen LogP contribution in [0.2, 0.25) is 0 Å². The predicted octanol–water partition coefficient (Wildman–Crippen LogP) is 2.23. The Labute approximate surface area is 120 Å². The van der Waals surface area contributed by atoms with E-state index in [1.807, 2.05) is 11.8 Å². The van der Waals surface area contributed by atoms with Gasteiger partial charge in [0.05, 0.1) is 11.8 Å². The number of aromatic amines is 1. The summed E-state index contributed by atoms with van der Waals surface area (Å²) in [4.78, 5) is 14.8. The molecular weight excluding hydrogens is 252 g/mol. The molecule has 112 valence electrons. The largest absolute Gasteiger partial charge is 0.336 e. The minimum Gasteiger partial charge on any atom is -0.336 e. The van der Waals surface area contributed by atoms with E-state index in [0.29, 0.717) is 18.2 Å². The van der Waals surface area contributed by atoms with Gasteiger partial charge in [-0.3, -0.25) is 9.89 Å². The van der Waals surface area contributed by atoms with Crippen molar-refractivity contribution in [2.45, 2.75) is 57.9 Å². The summed E-state index contributed by atoms with van der Waals surface area (Å²) in [7, 11) is 0. The van der Waals surface area contributed by atoms with Crippen LogP contribution in [-0.4, -0.2) is 40.1 Å². The molecule has 0 aliphatic heterocycles. The average molecular weight is 278 g/mol. The first-order valence-electron chi connectivity index (χ1n) is 7.75. The molecule has 0 atom stereocenters. The third-order valence-electron chi connectivity index (χ3n) is 4.19. The van der Waals surface area contributed by atoms with E-state index < -0.39 is 0 Å². The Bertz CT molecular complexity index is 421. The highest BCUT2D eigenvalue weighted by Crippen LogP contribution is 2.24.